The molecule has 0 spiro atoms. The topological polar surface area (TPSA) is 162 Å². The average molecular weight is 334 g/mol. The van der Waals surface area contributed by atoms with Crippen LogP contribution in [0.1, 0.15) is 0 Å². The van der Waals surface area contributed by atoms with Gasteiger partial charge in [-0.3, -0.25) is 0 Å². The van der Waals surface area contributed by atoms with Crippen LogP contribution in [0.3, 0.4) is 0 Å². The van der Waals surface area contributed by atoms with Gasteiger partial charge in [0.15, 0.2) is 6.29 Å². The number of hydrogen-bond donors (Lipinski definition) is 6. The molecule has 1 aliphatic rings. The van der Waals surface area contributed by atoms with Crippen molar-refractivity contribution in [3.63, 3.8) is 0 Å². The van der Waals surface area contributed by atoms with Gasteiger partial charge in [0.2, 0.25) is 10.0 Å². The van der Waals surface area contributed by atoms with Crippen molar-refractivity contribution < 1.29 is 33.6 Å². The molecule has 10 heteroatoms. The highest BCUT2D eigenvalue weighted by Gasteiger charge is 2.45. The minimum Gasteiger partial charge on any atom is -0.399 e. The summed E-state index contributed by atoms with van der Waals surface area (Å²) < 4.78 is 31.4. The molecule has 0 bridgehead atoms. The van der Waals surface area contributed by atoms with Gasteiger partial charge in [-0.05, 0) is 24.3 Å². The Hall–Kier alpha value is -1.27. The maximum absolute atomic E-state index is 12.2. The summed E-state index contributed by atoms with van der Waals surface area (Å²) in [5, 5.41) is 38.4. The lowest BCUT2D eigenvalue weighted by Gasteiger charge is -2.40. The first kappa shape index (κ1) is 17.1. The van der Waals surface area contributed by atoms with E-state index in [0.717, 1.165) is 0 Å². The van der Waals surface area contributed by atoms with Crippen LogP contribution in [0, 0.1) is 0 Å². The van der Waals surface area contributed by atoms with Crippen molar-refractivity contribution in [2.45, 2.75) is 35.5 Å². The number of aliphatic hydroxyl groups excluding tert-OH is 4. The van der Waals surface area contributed by atoms with Crippen LogP contribution < -0.4 is 10.5 Å². The maximum Gasteiger partial charge on any atom is 0.241 e. The Kier molecular flexibility index (Phi) is 5.02. The molecular formula is C12H18N2O7S. The second-order valence-electron chi connectivity index (χ2n) is 4.94. The van der Waals surface area contributed by atoms with Gasteiger partial charge in [-0.15, -0.1) is 0 Å². The van der Waals surface area contributed by atoms with Gasteiger partial charge in [0, 0.05) is 5.69 Å². The van der Waals surface area contributed by atoms with Gasteiger partial charge >= 0.3 is 0 Å². The molecule has 0 amide bonds. The summed E-state index contributed by atoms with van der Waals surface area (Å²) in [6.07, 6.45) is -6.13. The quantitative estimate of drug-likeness (QED) is 0.325. The second kappa shape index (κ2) is 6.46. The Morgan fingerprint density at radius 2 is 1.73 bits per heavy atom. The predicted octanol–water partition coefficient (Wildman–Crippen LogP) is -2.65. The summed E-state index contributed by atoms with van der Waals surface area (Å²) in [5.41, 5.74) is 5.85. The lowest BCUT2D eigenvalue weighted by molar-refractivity contribution is -0.251. The van der Waals surface area contributed by atoms with Crippen molar-refractivity contribution in [3.05, 3.63) is 24.3 Å². The van der Waals surface area contributed by atoms with Gasteiger partial charge < -0.3 is 30.9 Å². The van der Waals surface area contributed by atoms with Crippen LogP contribution in [0.15, 0.2) is 29.2 Å². The predicted molar refractivity (Wildman–Crippen MR) is 74.9 cm³/mol. The largest absolute Gasteiger partial charge is 0.399 e. The highest BCUT2D eigenvalue weighted by atomic mass is 32.2. The number of rotatable bonds is 4. The van der Waals surface area contributed by atoms with Gasteiger partial charge in [-0.2, -0.15) is 0 Å². The first-order valence-corrected chi connectivity index (χ1v) is 7.93. The average Bonchev–Trinajstić information content (AvgIpc) is 2.48. The van der Waals surface area contributed by atoms with Crippen molar-refractivity contribution in [1.29, 1.82) is 0 Å². The van der Waals surface area contributed by atoms with Crippen LogP contribution in [0.2, 0.25) is 0 Å². The van der Waals surface area contributed by atoms with Crippen LogP contribution in [0.25, 0.3) is 0 Å². The molecule has 0 saturated carbocycles. The van der Waals surface area contributed by atoms with E-state index in [2.05, 4.69) is 4.72 Å². The van der Waals surface area contributed by atoms with Crippen LogP contribution in [-0.2, 0) is 14.8 Å². The molecule has 1 saturated heterocycles. The first-order valence-electron chi connectivity index (χ1n) is 6.44. The first-order chi connectivity index (χ1) is 10.3. The molecule has 0 unspecified atom stereocenters. The lowest BCUT2D eigenvalue weighted by atomic mass is 9.98. The van der Waals surface area contributed by atoms with Crippen molar-refractivity contribution in [3.8, 4) is 0 Å². The van der Waals surface area contributed by atoms with Gasteiger partial charge in [0.25, 0.3) is 0 Å². The molecule has 1 aromatic carbocycles. The van der Waals surface area contributed by atoms with Crippen molar-refractivity contribution in [2.75, 3.05) is 12.3 Å². The Labute approximate surface area is 127 Å². The highest BCUT2D eigenvalue weighted by molar-refractivity contribution is 7.89. The molecule has 2 rings (SSSR count). The number of benzene rings is 1. The lowest BCUT2D eigenvalue weighted by Crippen LogP contribution is -2.64. The van der Waals surface area contributed by atoms with Gasteiger partial charge in [0.1, 0.15) is 24.4 Å². The zero-order chi connectivity index (χ0) is 16.5. The SMILES string of the molecule is Nc1ccc(S(=O)(=O)N[C@@H]2[C@@H](O)[C@H](O)[C@H](CO)O[C@@H]2O)cc1. The number of aliphatic hydroxyl groups is 4. The van der Waals surface area contributed by atoms with Crippen LogP contribution in [0.4, 0.5) is 5.69 Å². The normalized spacial score (nSPS) is 32.8. The molecule has 7 N–H and O–H groups in total. The molecule has 1 aliphatic heterocycles. The van der Waals surface area contributed by atoms with Crippen LogP contribution >= 0.6 is 0 Å². The van der Waals surface area contributed by atoms with Crippen molar-refractivity contribution >= 4 is 15.7 Å². The maximum atomic E-state index is 12.2. The molecule has 5 atom stereocenters. The molecule has 9 nitrogen and oxygen atoms in total. The molecule has 22 heavy (non-hydrogen) atoms. The molecule has 0 radical (unpaired) electrons. The number of hydrogen-bond acceptors (Lipinski definition) is 8. The monoisotopic (exact) mass is 334 g/mol. The number of sulfonamides is 1. The zero-order valence-corrected chi connectivity index (χ0v) is 12.2. The van der Waals surface area contributed by atoms with Crippen LogP contribution in [-0.4, -0.2) is 66.1 Å². The fraction of sp³-hybridized carbons (Fsp3) is 0.500. The molecular weight excluding hydrogens is 316 g/mol. The summed E-state index contributed by atoms with van der Waals surface area (Å²) in [6.45, 7) is -0.632. The Bertz CT molecular complexity index is 606. The van der Waals surface area contributed by atoms with Gasteiger partial charge in [-0.25, -0.2) is 13.1 Å². The van der Waals surface area contributed by atoms with Crippen LogP contribution in [0.5, 0.6) is 0 Å². The number of nitrogens with one attached hydrogen (secondary N) is 1. The number of anilines is 1. The molecule has 1 aromatic rings. The molecule has 1 fully saturated rings. The van der Waals surface area contributed by atoms with E-state index in [1.807, 2.05) is 0 Å². The summed E-state index contributed by atoms with van der Waals surface area (Å²) >= 11 is 0. The van der Waals surface area contributed by atoms with E-state index in [9.17, 15) is 23.7 Å². The Morgan fingerprint density at radius 3 is 2.27 bits per heavy atom. The minimum absolute atomic E-state index is 0.125. The zero-order valence-electron chi connectivity index (χ0n) is 11.4. The smallest absolute Gasteiger partial charge is 0.241 e. The van der Waals surface area contributed by atoms with E-state index >= 15 is 0 Å². The number of nitrogen functional groups attached to an aromatic ring is 1. The fourth-order valence-electron chi connectivity index (χ4n) is 2.12. The highest BCUT2D eigenvalue weighted by Crippen LogP contribution is 2.22. The van der Waals surface area contributed by atoms with Crippen molar-refractivity contribution in [2.24, 2.45) is 0 Å². The third-order valence-electron chi connectivity index (χ3n) is 3.38. The fourth-order valence-corrected chi connectivity index (χ4v) is 3.36. The third kappa shape index (κ3) is 3.38. The van der Waals surface area contributed by atoms with E-state index in [1.165, 1.54) is 24.3 Å². The molecule has 1 heterocycles. The second-order valence-corrected chi connectivity index (χ2v) is 6.66. The van der Waals surface area contributed by atoms with Gasteiger partial charge in [0.05, 0.1) is 11.5 Å². The van der Waals surface area contributed by atoms with Gasteiger partial charge in [-0.1, -0.05) is 0 Å². The summed E-state index contributed by atoms with van der Waals surface area (Å²) in [6, 6.07) is 3.80. The van der Waals surface area contributed by atoms with E-state index in [-0.39, 0.29) is 4.90 Å². The molecule has 0 aromatic heterocycles. The van der Waals surface area contributed by atoms with E-state index < -0.39 is 47.3 Å². The van der Waals surface area contributed by atoms with E-state index in [1.54, 1.807) is 0 Å². The summed E-state index contributed by atoms with van der Waals surface area (Å²) in [4.78, 5) is -0.125. The Morgan fingerprint density at radius 1 is 1.14 bits per heavy atom. The standard InChI is InChI=1S/C12H18N2O7S/c13-6-1-3-7(4-2-6)22(19,20)14-9-11(17)10(16)8(5-15)21-12(9)18/h1-4,8-12,14-18H,5,13H2/t8-,9+,10+,11+,12-/m0/s1. The minimum atomic E-state index is -4.07. The van der Waals surface area contributed by atoms with E-state index in [4.69, 9.17) is 15.6 Å². The third-order valence-corrected chi connectivity index (χ3v) is 4.86. The number of nitrogens with two attached hydrogens (primary N) is 1. The summed E-state index contributed by atoms with van der Waals surface area (Å²) in [7, 11) is -4.07. The summed E-state index contributed by atoms with van der Waals surface area (Å²) in [5.74, 6) is 0. The Balaban J connectivity index is 2.20. The molecule has 0 aliphatic carbocycles. The molecule has 124 valence electrons. The van der Waals surface area contributed by atoms with E-state index in [0.29, 0.717) is 5.69 Å². The van der Waals surface area contributed by atoms with Crippen molar-refractivity contribution in [1.82, 2.24) is 4.72 Å². The number of ether oxygens (including phenoxy) is 1.